The summed E-state index contributed by atoms with van der Waals surface area (Å²) in [4.78, 5) is 13.1. The second kappa shape index (κ2) is 41.5. The summed E-state index contributed by atoms with van der Waals surface area (Å²) < 4.78 is 11.1. The van der Waals surface area contributed by atoms with Crippen molar-refractivity contribution in [1.29, 1.82) is 0 Å². The summed E-state index contributed by atoms with van der Waals surface area (Å²) in [6.07, 6.45) is 33.0. The number of aliphatic hydroxyl groups excluding tert-OH is 7. The van der Waals surface area contributed by atoms with Gasteiger partial charge >= 0.3 is 0 Å². The third-order valence-electron chi connectivity index (χ3n) is 13.2. The maximum absolute atomic E-state index is 13.1. The molecule has 1 aliphatic heterocycles. The number of ether oxygens (including phenoxy) is 2. The number of rotatable bonds is 45. The van der Waals surface area contributed by atoms with Gasteiger partial charge in [0.05, 0.1) is 25.4 Å². The summed E-state index contributed by atoms with van der Waals surface area (Å²) >= 11 is 0. The third kappa shape index (κ3) is 30.3. The zero-order chi connectivity index (χ0) is 45.5. The fourth-order valence-corrected chi connectivity index (χ4v) is 8.80. The fourth-order valence-electron chi connectivity index (χ4n) is 8.80. The van der Waals surface area contributed by atoms with E-state index in [-0.39, 0.29) is 6.42 Å². The minimum atomic E-state index is -1.66. The molecule has 8 N–H and O–H groups in total. The van der Waals surface area contributed by atoms with Gasteiger partial charge < -0.3 is 50.5 Å². The number of nitrogens with one attached hydrogen (secondary N) is 1. The molecular formula is C51H101NO10. The quantitative estimate of drug-likeness (QED) is 0.0273. The Morgan fingerprint density at radius 1 is 0.500 bits per heavy atom. The highest BCUT2D eigenvalue weighted by Gasteiger charge is 2.44. The first-order valence-corrected chi connectivity index (χ1v) is 26.4. The van der Waals surface area contributed by atoms with E-state index in [0.29, 0.717) is 19.3 Å². The lowest BCUT2D eigenvalue weighted by Gasteiger charge is -2.40. The first-order chi connectivity index (χ1) is 30.2. The van der Waals surface area contributed by atoms with Crippen LogP contribution in [0.25, 0.3) is 0 Å². The molecule has 1 aliphatic rings. The molecule has 1 fully saturated rings. The standard InChI is InChI=1S/C51H101NO10/c1-3-5-7-9-11-13-15-17-18-19-20-21-22-23-24-25-26-27-29-30-32-34-36-38-43(54)46(56)42(41-61-51-49(59)48(58)47(57)45(40-53)62-51)52-50(60)44(55)39-37-35-33-31-28-16-14-12-10-8-6-4-2/h42-49,51,53-59H,3-41H2,1-2H3,(H,52,60). The molecule has 0 bridgehead atoms. The van der Waals surface area contributed by atoms with E-state index in [9.17, 15) is 40.5 Å². The van der Waals surface area contributed by atoms with E-state index in [2.05, 4.69) is 19.2 Å². The van der Waals surface area contributed by atoms with Crippen LogP contribution < -0.4 is 5.32 Å². The lowest BCUT2D eigenvalue weighted by atomic mass is 9.98. The van der Waals surface area contributed by atoms with Gasteiger partial charge in [0.15, 0.2) is 6.29 Å². The highest BCUT2D eigenvalue weighted by atomic mass is 16.7. The van der Waals surface area contributed by atoms with E-state index in [4.69, 9.17) is 9.47 Å². The van der Waals surface area contributed by atoms with Crippen molar-refractivity contribution in [1.82, 2.24) is 5.32 Å². The predicted octanol–water partition coefficient (Wildman–Crippen LogP) is 9.84. The zero-order valence-corrected chi connectivity index (χ0v) is 40.1. The molecule has 1 heterocycles. The molecule has 11 heteroatoms. The summed E-state index contributed by atoms with van der Waals surface area (Å²) in [5.74, 6) is -0.693. The predicted molar refractivity (Wildman–Crippen MR) is 252 cm³/mol. The number of carbonyl (C=O) groups is 1. The molecule has 9 unspecified atom stereocenters. The number of carbonyl (C=O) groups excluding carboxylic acids is 1. The smallest absolute Gasteiger partial charge is 0.249 e. The molecule has 370 valence electrons. The van der Waals surface area contributed by atoms with Crippen molar-refractivity contribution in [2.45, 2.75) is 306 Å². The second-order valence-electron chi connectivity index (χ2n) is 19.0. The third-order valence-corrected chi connectivity index (χ3v) is 13.2. The Labute approximate surface area is 379 Å². The van der Waals surface area contributed by atoms with E-state index in [1.165, 1.54) is 173 Å². The van der Waals surface area contributed by atoms with Crippen LogP contribution in [0.4, 0.5) is 0 Å². The van der Waals surface area contributed by atoms with Crippen LogP contribution in [0.5, 0.6) is 0 Å². The number of unbranched alkanes of at least 4 members (excludes halogenated alkanes) is 33. The maximum Gasteiger partial charge on any atom is 0.249 e. The largest absolute Gasteiger partial charge is 0.394 e. The zero-order valence-electron chi connectivity index (χ0n) is 40.1. The van der Waals surface area contributed by atoms with E-state index >= 15 is 0 Å². The molecule has 11 nitrogen and oxygen atoms in total. The molecule has 0 aromatic rings. The molecule has 0 aliphatic carbocycles. The van der Waals surface area contributed by atoms with Gasteiger partial charge in [-0.2, -0.15) is 0 Å². The fraction of sp³-hybridized carbons (Fsp3) is 0.980. The molecule has 0 aromatic carbocycles. The minimum absolute atomic E-state index is 0.266. The Morgan fingerprint density at radius 3 is 1.19 bits per heavy atom. The van der Waals surface area contributed by atoms with Gasteiger partial charge in [-0.05, 0) is 12.8 Å². The van der Waals surface area contributed by atoms with Gasteiger partial charge in [0, 0.05) is 0 Å². The minimum Gasteiger partial charge on any atom is -0.394 e. The van der Waals surface area contributed by atoms with Crippen LogP contribution in [0.1, 0.15) is 251 Å². The van der Waals surface area contributed by atoms with Crippen LogP contribution in [0, 0.1) is 0 Å². The molecule has 0 spiro atoms. The van der Waals surface area contributed by atoms with E-state index in [1.807, 2.05) is 0 Å². The van der Waals surface area contributed by atoms with Crippen LogP contribution in [0.3, 0.4) is 0 Å². The van der Waals surface area contributed by atoms with E-state index in [1.54, 1.807) is 0 Å². The van der Waals surface area contributed by atoms with Gasteiger partial charge in [0.25, 0.3) is 0 Å². The normalized spacial score (nSPS) is 21.2. The topological polar surface area (TPSA) is 189 Å². The Balaban J connectivity index is 2.32. The van der Waals surface area contributed by atoms with Gasteiger partial charge in [-0.25, -0.2) is 0 Å². The van der Waals surface area contributed by atoms with Gasteiger partial charge in [0.1, 0.15) is 36.6 Å². The van der Waals surface area contributed by atoms with Crippen LogP contribution >= 0.6 is 0 Å². The summed E-state index contributed by atoms with van der Waals surface area (Å²) in [6.45, 7) is 3.46. The molecular weight excluding hydrogens is 787 g/mol. The molecule has 9 atom stereocenters. The number of hydrogen-bond donors (Lipinski definition) is 8. The van der Waals surface area contributed by atoms with E-state index < -0.39 is 74.2 Å². The van der Waals surface area contributed by atoms with Crippen LogP contribution in [-0.2, 0) is 14.3 Å². The van der Waals surface area contributed by atoms with Gasteiger partial charge in [-0.15, -0.1) is 0 Å². The summed E-state index contributed by atoms with van der Waals surface area (Å²) in [5, 5.41) is 75.9. The van der Waals surface area contributed by atoms with Crippen molar-refractivity contribution in [2.24, 2.45) is 0 Å². The molecule has 1 amide bonds. The van der Waals surface area contributed by atoms with Crippen molar-refractivity contribution in [3.8, 4) is 0 Å². The number of aliphatic hydroxyl groups is 7. The molecule has 1 saturated heterocycles. The Bertz CT molecular complexity index is 975. The van der Waals surface area contributed by atoms with Crippen molar-refractivity contribution in [3.63, 3.8) is 0 Å². The second-order valence-corrected chi connectivity index (χ2v) is 19.0. The molecule has 0 saturated carbocycles. The Kier molecular flexibility index (Phi) is 39.6. The van der Waals surface area contributed by atoms with Crippen LogP contribution in [-0.4, -0.2) is 110 Å². The monoisotopic (exact) mass is 888 g/mol. The van der Waals surface area contributed by atoms with Crippen LogP contribution in [0.15, 0.2) is 0 Å². The molecule has 0 radical (unpaired) electrons. The van der Waals surface area contributed by atoms with Crippen molar-refractivity contribution in [2.75, 3.05) is 13.2 Å². The average molecular weight is 888 g/mol. The first-order valence-electron chi connectivity index (χ1n) is 26.4. The van der Waals surface area contributed by atoms with E-state index in [0.717, 1.165) is 38.5 Å². The summed E-state index contributed by atoms with van der Waals surface area (Å²) in [5.41, 5.74) is 0. The molecule has 62 heavy (non-hydrogen) atoms. The average Bonchev–Trinajstić information content (AvgIpc) is 3.27. The van der Waals surface area contributed by atoms with Crippen LogP contribution in [0.2, 0.25) is 0 Å². The SMILES string of the molecule is CCCCCCCCCCCCCCCCCCCCCCCCCC(O)C(O)C(COC1OC(CO)C(O)C(O)C1O)NC(=O)C(O)CCCCCCCCCCCCCC. The summed E-state index contributed by atoms with van der Waals surface area (Å²) in [7, 11) is 0. The van der Waals surface area contributed by atoms with Crippen molar-refractivity contribution >= 4 is 5.91 Å². The lowest BCUT2D eigenvalue weighted by molar-refractivity contribution is -0.303. The number of hydrogen-bond acceptors (Lipinski definition) is 10. The van der Waals surface area contributed by atoms with Gasteiger partial charge in [-0.3, -0.25) is 4.79 Å². The van der Waals surface area contributed by atoms with Crippen molar-refractivity contribution < 1.29 is 50.0 Å². The Hall–Kier alpha value is -0.890. The molecule has 0 aromatic heterocycles. The first kappa shape index (κ1) is 59.1. The van der Waals surface area contributed by atoms with Gasteiger partial charge in [0.2, 0.25) is 5.91 Å². The maximum atomic E-state index is 13.1. The summed E-state index contributed by atoms with van der Waals surface area (Å²) in [6, 6.07) is -1.16. The van der Waals surface area contributed by atoms with Crippen molar-refractivity contribution in [3.05, 3.63) is 0 Å². The van der Waals surface area contributed by atoms with Gasteiger partial charge in [-0.1, -0.05) is 239 Å². The highest BCUT2D eigenvalue weighted by molar-refractivity contribution is 5.80. The lowest BCUT2D eigenvalue weighted by Crippen LogP contribution is -2.60. The highest BCUT2D eigenvalue weighted by Crippen LogP contribution is 2.23. The molecule has 1 rings (SSSR count). The number of amides is 1. The Morgan fingerprint density at radius 2 is 0.839 bits per heavy atom.